The van der Waals surface area contributed by atoms with Gasteiger partial charge in [-0.2, -0.15) is 8.42 Å². The summed E-state index contributed by atoms with van der Waals surface area (Å²) in [5.74, 6) is -0.699. The molecule has 1 atom stereocenters. The van der Waals surface area contributed by atoms with Crippen LogP contribution in [0.25, 0.3) is 0 Å². The molecule has 5 nitrogen and oxygen atoms in total. The van der Waals surface area contributed by atoms with Crippen LogP contribution in [0.15, 0.2) is 0 Å². The Morgan fingerprint density at radius 3 is 2.67 bits per heavy atom. The summed E-state index contributed by atoms with van der Waals surface area (Å²) in [5, 5.41) is 2.84. The van der Waals surface area contributed by atoms with Gasteiger partial charge in [-0.3, -0.25) is 0 Å². The van der Waals surface area contributed by atoms with Gasteiger partial charge in [0.05, 0.1) is 6.26 Å². The molecule has 1 heterocycles. The Morgan fingerprint density at radius 1 is 1.58 bits per heavy atom. The first-order valence-electron chi connectivity index (χ1n) is 3.66. The van der Waals surface area contributed by atoms with Crippen LogP contribution in [-0.2, 0) is 19.1 Å². The second-order valence-corrected chi connectivity index (χ2v) is 4.33. The molecular formula is C6H11NO4S. The molecule has 0 aliphatic carbocycles. The van der Waals surface area contributed by atoms with Crippen LogP contribution >= 0.6 is 0 Å². The molecule has 0 spiro atoms. The summed E-state index contributed by atoms with van der Waals surface area (Å²) in [5.41, 5.74) is 0. The Bertz CT molecular complexity index is 265. The lowest BCUT2D eigenvalue weighted by Crippen LogP contribution is -2.33. The monoisotopic (exact) mass is 193 g/mol. The molecule has 1 fully saturated rings. The summed E-state index contributed by atoms with van der Waals surface area (Å²) in [4.78, 5) is 11.0. The van der Waals surface area contributed by atoms with Gasteiger partial charge in [-0.05, 0) is 19.4 Å². The van der Waals surface area contributed by atoms with Crippen LogP contribution in [0.3, 0.4) is 0 Å². The molecule has 0 bridgehead atoms. The maximum absolute atomic E-state index is 11.0. The Hall–Kier alpha value is -0.620. The molecule has 0 radical (unpaired) electrons. The van der Waals surface area contributed by atoms with E-state index in [0.29, 0.717) is 6.42 Å². The maximum atomic E-state index is 11.0. The standard InChI is InChI=1S/C6H11NO4S/c1-12(9,10)11-6(8)5-3-2-4-7-5/h5,7H,2-4H2,1H3. The summed E-state index contributed by atoms with van der Waals surface area (Å²) in [6.45, 7) is 0.740. The highest BCUT2D eigenvalue weighted by atomic mass is 32.2. The lowest BCUT2D eigenvalue weighted by molar-refractivity contribution is -0.135. The van der Waals surface area contributed by atoms with Gasteiger partial charge in [0.15, 0.2) is 0 Å². The van der Waals surface area contributed by atoms with Crippen LogP contribution in [0.4, 0.5) is 0 Å². The third-order valence-electron chi connectivity index (χ3n) is 1.58. The number of hydrogen-bond donors (Lipinski definition) is 1. The number of nitrogens with one attached hydrogen (secondary N) is 1. The second kappa shape index (κ2) is 3.40. The average molecular weight is 193 g/mol. The van der Waals surface area contributed by atoms with Crippen molar-refractivity contribution in [2.75, 3.05) is 12.8 Å². The average Bonchev–Trinajstić information content (AvgIpc) is 2.32. The fraction of sp³-hybridized carbons (Fsp3) is 0.833. The Balaban J connectivity index is 2.48. The van der Waals surface area contributed by atoms with Gasteiger partial charge in [0.2, 0.25) is 0 Å². The molecule has 1 aliphatic heterocycles. The fourth-order valence-electron chi connectivity index (χ4n) is 1.09. The zero-order valence-corrected chi connectivity index (χ0v) is 7.56. The third-order valence-corrected chi connectivity index (χ3v) is 2.05. The van der Waals surface area contributed by atoms with Gasteiger partial charge in [-0.1, -0.05) is 0 Å². The molecule has 0 saturated carbocycles. The number of hydrogen-bond acceptors (Lipinski definition) is 5. The van der Waals surface area contributed by atoms with Gasteiger partial charge < -0.3 is 9.50 Å². The van der Waals surface area contributed by atoms with Crippen molar-refractivity contribution in [2.45, 2.75) is 18.9 Å². The molecular weight excluding hydrogens is 182 g/mol. The Kier molecular flexibility index (Phi) is 2.69. The Morgan fingerprint density at radius 2 is 2.25 bits per heavy atom. The summed E-state index contributed by atoms with van der Waals surface area (Å²) in [7, 11) is -3.65. The van der Waals surface area contributed by atoms with Crippen LogP contribution in [0.1, 0.15) is 12.8 Å². The zero-order chi connectivity index (χ0) is 9.19. The highest BCUT2D eigenvalue weighted by molar-refractivity contribution is 7.86. The lowest BCUT2D eigenvalue weighted by Gasteiger charge is -2.07. The van der Waals surface area contributed by atoms with Crippen molar-refractivity contribution in [1.29, 1.82) is 0 Å². The largest absolute Gasteiger partial charge is 0.344 e. The predicted octanol–water partition coefficient (Wildman–Crippen LogP) is -0.759. The molecule has 0 aromatic heterocycles. The van der Waals surface area contributed by atoms with Crippen molar-refractivity contribution in [2.24, 2.45) is 0 Å². The van der Waals surface area contributed by atoms with E-state index in [1.54, 1.807) is 0 Å². The fourth-order valence-corrected chi connectivity index (χ4v) is 1.51. The molecule has 12 heavy (non-hydrogen) atoms. The van der Waals surface area contributed by atoms with E-state index in [-0.39, 0.29) is 0 Å². The first-order valence-corrected chi connectivity index (χ1v) is 5.47. The van der Waals surface area contributed by atoms with Crippen molar-refractivity contribution in [3.05, 3.63) is 0 Å². The third kappa shape index (κ3) is 2.78. The zero-order valence-electron chi connectivity index (χ0n) is 6.74. The molecule has 0 aromatic rings. The quantitative estimate of drug-likeness (QED) is 0.584. The molecule has 0 aromatic carbocycles. The topological polar surface area (TPSA) is 72.5 Å². The number of rotatable bonds is 2. The molecule has 1 N–H and O–H groups in total. The SMILES string of the molecule is CS(=O)(=O)OC(=O)C1CCCN1. The van der Waals surface area contributed by atoms with Gasteiger partial charge in [0.25, 0.3) is 0 Å². The van der Waals surface area contributed by atoms with Crippen molar-refractivity contribution < 1.29 is 17.4 Å². The van der Waals surface area contributed by atoms with Crippen LogP contribution < -0.4 is 5.32 Å². The Labute approximate surface area is 71.2 Å². The normalized spacial score (nSPS) is 23.9. The van der Waals surface area contributed by atoms with E-state index < -0.39 is 22.1 Å². The van der Waals surface area contributed by atoms with Gasteiger partial charge >= 0.3 is 16.1 Å². The summed E-state index contributed by atoms with van der Waals surface area (Å²) in [6, 6.07) is -0.445. The summed E-state index contributed by atoms with van der Waals surface area (Å²) >= 11 is 0. The van der Waals surface area contributed by atoms with E-state index in [9.17, 15) is 13.2 Å². The predicted molar refractivity (Wildman–Crippen MR) is 42.0 cm³/mol. The van der Waals surface area contributed by atoms with Crippen LogP contribution in [0.5, 0.6) is 0 Å². The van der Waals surface area contributed by atoms with Crippen molar-refractivity contribution in [3.63, 3.8) is 0 Å². The summed E-state index contributed by atoms with van der Waals surface area (Å²) < 4.78 is 25.2. The van der Waals surface area contributed by atoms with Gasteiger partial charge in [0.1, 0.15) is 6.04 Å². The summed E-state index contributed by atoms with van der Waals surface area (Å²) in [6.07, 6.45) is 2.39. The van der Waals surface area contributed by atoms with Gasteiger partial charge in [0, 0.05) is 0 Å². The van der Waals surface area contributed by atoms with Crippen molar-refractivity contribution in [1.82, 2.24) is 5.32 Å². The second-order valence-electron chi connectivity index (χ2n) is 2.76. The molecule has 1 rings (SSSR count). The molecule has 1 aliphatic rings. The van der Waals surface area contributed by atoms with Crippen molar-refractivity contribution >= 4 is 16.1 Å². The smallest absolute Gasteiger partial charge is 0.338 e. The molecule has 1 saturated heterocycles. The highest BCUT2D eigenvalue weighted by Crippen LogP contribution is 2.07. The van der Waals surface area contributed by atoms with E-state index in [0.717, 1.165) is 19.2 Å². The lowest BCUT2D eigenvalue weighted by atomic mass is 10.2. The van der Waals surface area contributed by atoms with Crippen LogP contribution in [0.2, 0.25) is 0 Å². The molecule has 70 valence electrons. The minimum atomic E-state index is -3.65. The van der Waals surface area contributed by atoms with E-state index in [1.165, 1.54) is 0 Å². The number of carbonyl (C=O) groups excluding carboxylic acids is 1. The van der Waals surface area contributed by atoms with E-state index >= 15 is 0 Å². The first-order chi connectivity index (χ1) is 5.49. The number of carbonyl (C=O) groups is 1. The first kappa shape index (κ1) is 9.47. The van der Waals surface area contributed by atoms with Crippen molar-refractivity contribution in [3.8, 4) is 0 Å². The highest BCUT2D eigenvalue weighted by Gasteiger charge is 2.25. The van der Waals surface area contributed by atoms with E-state index in [4.69, 9.17) is 0 Å². The molecule has 6 heteroatoms. The molecule has 1 unspecified atom stereocenters. The molecule has 0 amide bonds. The van der Waals surface area contributed by atoms with Gasteiger partial charge in [-0.15, -0.1) is 0 Å². The van der Waals surface area contributed by atoms with Gasteiger partial charge in [-0.25, -0.2) is 4.79 Å². The minimum absolute atomic E-state index is 0.445. The van der Waals surface area contributed by atoms with E-state index in [2.05, 4.69) is 9.50 Å². The van der Waals surface area contributed by atoms with Crippen LogP contribution in [0, 0.1) is 0 Å². The minimum Gasteiger partial charge on any atom is -0.344 e. The van der Waals surface area contributed by atoms with E-state index in [1.807, 2.05) is 0 Å². The van der Waals surface area contributed by atoms with Crippen LogP contribution in [-0.4, -0.2) is 33.2 Å². The maximum Gasteiger partial charge on any atom is 0.338 e.